The Balaban J connectivity index is 1.98. The van der Waals surface area contributed by atoms with E-state index >= 15 is 0 Å². The molecule has 2 heterocycles. The van der Waals surface area contributed by atoms with Crippen LogP contribution in [0.5, 0.6) is 0 Å². The van der Waals surface area contributed by atoms with Gasteiger partial charge >= 0.3 is 6.03 Å². The fourth-order valence-corrected chi connectivity index (χ4v) is 3.40. The summed E-state index contributed by atoms with van der Waals surface area (Å²) in [6.45, 7) is 0.606. The number of anilines is 1. The van der Waals surface area contributed by atoms with Crippen molar-refractivity contribution in [2.24, 2.45) is 0 Å². The molecule has 19 heavy (non-hydrogen) atoms. The number of urea groups is 1. The van der Waals surface area contributed by atoms with Crippen molar-refractivity contribution < 1.29 is 9.59 Å². The Kier molecular flexibility index (Phi) is 2.91. The molecule has 2 aliphatic heterocycles. The smallest absolute Gasteiger partial charge is 0.310 e. The van der Waals surface area contributed by atoms with Crippen molar-refractivity contribution in [1.29, 1.82) is 5.26 Å². The fraction of sp³-hybridized carbons (Fsp3) is 0.308. The predicted molar refractivity (Wildman–Crippen MR) is 71.9 cm³/mol. The average Bonchev–Trinajstić information content (AvgIpc) is 2.72. The number of carbonyl (C=O) groups is 2. The van der Waals surface area contributed by atoms with Crippen molar-refractivity contribution >= 4 is 29.4 Å². The van der Waals surface area contributed by atoms with E-state index in [1.54, 1.807) is 40.9 Å². The first-order valence-corrected chi connectivity index (χ1v) is 7.10. The van der Waals surface area contributed by atoms with E-state index in [4.69, 9.17) is 5.26 Å². The summed E-state index contributed by atoms with van der Waals surface area (Å²) in [5.41, 5.74) is 0.922. The Labute approximate surface area is 114 Å². The maximum Gasteiger partial charge on any atom is 0.332 e. The summed E-state index contributed by atoms with van der Waals surface area (Å²) < 4.78 is 0. The number of nitriles is 1. The third kappa shape index (κ3) is 1.87. The third-order valence-electron chi connectivity index (χ3n) is 3.30. The third-order valence-corrected chi connectivity index (χ3v) is 4.33. The summed E-state index contributed by atoms with van der Waals surface area (Å²) in [6.07, 6.45) is 0. The second kappa shape index (κ2) is 4.59. The molecule has 0 N–H and O–H groups in total. The molecule has 0 bridgehead atoms. The number of amides is 3. The van der Waals surface area contributed by atoms with Gasteiger partial charge in [0.25, 0.3) is 5.91 Å². The molecule has 1 aromatic rings. The van der Waals surface area contributed by atoms with Gasteiger partial charge in [0, 0.05) is 18.1 Å². The molecule has 0 aliphatic carbocycles. The fourth-order valence-electron chi connectivity index (χ4n) is 2.36. The summed E-state index contributed by atoms with van der Waals surface area (Å²) in [6, 6.07) is 7.98. The summed E-state index contributed by atoms with van der Waals surface area (Å²) >= 11 is 1.69. The SMILES string of the molecule is N#Cc1cccc(N2C(=O)C3CSCCN3C2=O)c1. The number of imide groups is 1. The van der Waals surface area contributed by atoms with Crippen LogP contribution < -0.4 is 4.90 Å². The number of fused-ring (bicyclic) bond motifs is 1. The molecule has 0 spiro atoms. The van der Waals surface area contributed by atoms with Gasteiger partial charge in [0.2, 0.25) is 0 Å². The van der Waals surface area contributed by atoms with Crippen LogP contribution in [0.15, 0.2) is 24.3 Å². The average molecular weight is 273 g/mol. The molecular formula is C13H11N3O2S. The minimum atomic E-state index is -0.350. The van der Waals surface area contributed by atoms with Gasteiger partial charge in [-0.05, 0) is 18.2 Å². The lowest BCUT2D eigenvalue weighted by Gasteiger charge is -2.25. The summed E-state index contributed by atoms with van der Waals surface area (Å²) in [7, 11) is 0. The number of hydrogen-bond acceptors (Lipinski definition) is 4. The van der Waals surface area contributed by atoms with Gasteiger partial charge in [-0.2, -0.15) is 17.0 Å². The van der Waals surface area contributed by atoms with E-state index in [1.807, 2.05) is 6.07 Å². The zero-order valence-corrected chi connectivity index (χ0v) is 10.9. The van der Waals surface area contributed by atoms with Crippen LogP contribution in [-0.2, 0) is 4.79 Å². The van der Waals surface area contributed by atoms with E-state index in [-0.39, 0.29) is 18.0 Å². The van der Waals surface area contributed by atoms with Gasteiger partial charge in [0.05, 0.1) is 17.3 Å². The number of nitrogens with zero attached hydrogens (tertiary/aromatic N) is 3. The Bertz CT molecular complexity index is 572. The number of rotatable bonds is 1. The molecule has 3 amide bonds. The Morgan fingerprint density at radius 2 is 2.21 bits per heavy atom. The standard InChI is InChI=1S/C13H11N3O2S/c14-7-9-2-1-3-10(6-9)16-12(17)11-8-19-5-4-15(11)13(16)18/h1-3,6,11H,4-5,8H2. The maximum absolute atomic E-state index is 12.3. The lowest BCUT2D eigenvalue weighted by Crippen LogP contribution is -2.41. The van der Waals surface area contributed by atoms with Gasteiger partial charge in [0.15, 0.2) is 0 Å². The molecule has 2 saturated heterocycles. The van der Waals surface area contributed by atoms with Crippen LogP contribution in [0, 0.1) is 11.3 Å². The molecule has 0 aromatic heterocycles. The van der Waals surface area contributed by atoms with Crippen molar-refractivity contribution in [3.05, 3.63) is 29.8 Å². The summed E-state index contributed by atoms with van der Waals surface area (Å²) in [4.78, 5) is 27.4. The normalized spacial score (nSPS) is 22.4. The van der Waals surface area contributed by atoms with Crippen LogP contribution in [-0.4, -0.2) is 40.9 Å². The molecule has 1 unspecified atom stereocenters. The summed E-state index contributed by atoms with van der Waals surface area (Å²) in [5, 5.41) is 8.89. The van der Waals surface area contributed by atoms with E-state index in [9.17, 15) is 9.59 Å². The van der Waals surface area contributed by atoms with Gasteiger partial charge in [0.1, 0.15) is 6.04 Å². The van der Waals surface area contributed by atoms with Crippen LogP contribution >= 0.6 is 11.8 Å². The van der Waals surface area contributed by atoms with Gasteiger partial charge in [-0.15, -0.1) is 0 Å². The van der Waals surface area contributed by atoms with Crippen molar-refractivity contribution in [2.75, 3.05) is 23.0 Å². The molecular weight excluding hydrogens is 262 g/mol. The largest absolute Gasteiger partial charge is 0.332 e. The van der Waals surface area contributed by atoms with E-state index in [0.29, 0.717) is 23.5 Å². The van der Waals surface area contributed by atoms with Crippen molar-refractivity contribution in [1.82, 2.24) is 4.90 Å². The van der Waals surface area contributed by atoms with Crippen molar-refractivity contribution in [2.45, 2.75) is 6.04 Å². The first-order valence-electron chi connectivity index (χ1n) is 5.95. The number of carbonyl (C=O) groups excluding carboxylic acids is 2. The van der Waals surface area contributed by atoms with E-state index < -0.39 is 0 Å². The quantitative estimate of drug-likeness (QED) is 0.726. The van der Waals surface area contributed by atoms with Gasteiger partial charge < -0.3 is 4.90 Å². The minimum Gasteiger partial charge on any atom is -0.310 e. The van der Waals surface area contributed by atoms with Gasteiger partial charge in [-0.25, -0.2) is 9.69 Å². The lowest BCUT2D eigenvalue weighted by molar-refractivity contribution is -0.119. The van der Waals surface area contributed by atoms with Crippen LogP contribution in [0.1, 0.15) is 5.56 Å². The van der Waals surface area contributed by atoms with Crippen molar-refractivity contribution in [3.63, 3.8) is 0 Å². The highest BCUT2D eigenvalue weighted by molar-refractivity contribution is 7.99. The molecule has 96 valence electrons. The highest BCUT2D eigenvalue weighted by Gasteiger charge is 2.46. The topological polar surface area (TPSA) is 64.4 Å². The van der Waals surface area contributed by atoms with Gasteiger partial charge in [-0.1, -0.05) is 6.07 Å². The lowest BCUT2D eigenvalue weighted by atomic mass is 10.2. The molecule has 0 saturated carbocycles. The van der Waals surface area contributed by atoms with Crippen molar-refractivity contribution in [3.8, 4) is 6.07 Å². The first kappa shape index (κ1) is 12.1. The Hall–Kier alpha value is -2.00. The number of benzene rings is 1. The molecule has 2 aliphatic rings. The van der Waals surface area contributed by atoms with Crippen LogP contribution in [0.25, 0.3) is 0 Å². The molecule has 3 rings (SSSR count). The number of hydrogen-bond donors (Lipinski definition) is 0. The molecule has 1 atom stereocenters. The molecule has 2 fully saturated rings. The van der Waals surface area contributed by atoms with Crippen LogP contribution in [0.2, 0.25) is 0 Å². The van der Waals surface area contributed by atoms with Gasteiger partial charge in [-0.3, -0.25) is 4.79 Å². The second-order valence-electron chi connectivity index (χ2n) is 4.40. The summed E-state index contributed by atoms with van der Waals surface area (Å²) in [5.74, 6) is 1.33. The Morgan fingerprint density at radius 3 is 2.95 bits per heavy atom. The highest BCUT2D eigenvalue weighted by atomic mass is 32.2. The molecule has 5 nitrogen and oxygen atoms in total. The number of thioether (sulfide) groups is 1. The van der Waals surface area contributed by atoms with Crippen LogP contribution in [0.3, 0.4) is 0 Å². The predicted octanol–water partition coefficient (Wildman–Crippen LogP) is 1.44. The molecule has 1 aromatic carbocycles. The zero-order valence-electron chi connectivity index (χ0n) is 10.1. The maximum atomic E-state index is 12.3. The monoisotopic (exact) mass is 273 g/mol. The van der Waals surface area contributed by atoms with E-state index in [1.165, 1.54) is 4.90 Å². The highest BCUT2D eigenvalue weighted by Crippen LogP contribution is 2.30. The van der Waals surface area contributed by atoms with Crippen LogP contribution in [0.4, 0.5) is 10.5 Å². The molecule has 0 radical (unpaired) electrons. The molecule has 6 heteroatoms. The first-order chi connectivity index (χ1) is 9.22. The minimum absolute atomic E-state index is 0.188. The second-order valence-corrected chi connectivity index (χ2v) is 5.55. The zero-order chi connectivity index (χ0) is 13.4. The Morgan fingerprint density at radius 1 is 1.37 bits per heavy atom. The van der Waals surface area contributed by atoms with E-state index in [0.717, 1.165) is 5.75 Å². The van der Waals surface area contributed by atoms with E-state index in [2.05, 4.69) is 0 Å².